The van der Waals surface area contributed by atoms with Gasteiger partial charge in [0.05, 0.1) is 29.8 Å². The standard InChI is InChI=1S/C16H19N3O5S/c1-3-25(22,23)19-14-5-4-13(8-11(14)2)18-15(20)9-17-16(21)12-6-7-24-10-12/h4-8,10,19H,3,9H2,1-2H3,(H,17,21)(H,18,20). The van der Waals surface area contributed by atoms with Gasteiger partial charge < -0.3 is 15.1 Å². The van der Waals surface area contributed by atoms with E-state index in [0.29, 0.717) is 22.5 Å². The van der Waals surface area contributed by atoms with Gasteiger partial charge in [-0.05, 0) is 43.7 Å². The highest BCUT2D eigenvalue weighted by Gasteiger charge is 2.11. The molecule has 0 aliphatic rings. The number of hydrogen-bond acceptors (Lipinski definition) is 5. The third kappa shape index (κ3) is 5.35. The number of amides is 2. The molecule has 8 nitrogen and oxygen atoms in total. The molecule has 9 heteroatoms. The van der Waals surface area contributed by atoms with Gasteiger partial charge in [-0.3, -0.25) is 14.3 Å². The molecule has 0 atom stereocenters. The van der Waals surface area contributed by atoms with Crippen molar-refractivity contribution in [3.8, 4) is 0 Å². The lowest BCUT2D eigenvalue weighted by molar-refractivity contribution is -0.115. The zero-order chi connectivity index (χ0) is 18.4. The Balaban J connectivity index is 1.93. The molecule has 0 saturated heterocycles. The van der Waals surface area contributed by atoms with Crippen molar-refractivity contribution in [2.45, 2.75) is 13.8 Å². The minimum Gasteiger partial charge on any atom is -0.472 e. The van der Waals surface area contributed by atoms with Crippen LogP contribution in [0.2, 0.25) is 0 Å². The second-order valence-electron chi connectivity index (χ2n) is 5.28. The molecular formula is C16H19N3O5S. The largest absolute Gasteiger partial charge is 0.472 e. The summed E-state index contributed by atoms with van der Waals surface area (Å²) >= 11 is 0. The Kier molecular flexibility index (Phi) is 5.81. The summed E-state index contributed by atoms with van der Waals surface area (Å²) in [4.78, 5) is 23.6. The first-order chi connectivity index (χ1) is 11.8. The third-order valence-electron chi connectivity index (χ3n) is 3.35. The highest BCUT2D eigenvalue weighted by molar-refractivity contribution is 7.92. The van der Waals surface area contributed by atoms with E-state index in [0.717, 1.165) is 0 Å². The number of benzene rings is 1. The van der Waals surface area contributed by atoms with Crippen molar-refractivity contribution in [1.82, 2.24) is 5.32 Å². The van der Waals surface area contributed by atoms with E-state index in [9.17, 15) is 18.0 Å². The van der Waals surface area contributed by atoms with Crippen LogP contribution in [0.4, 0.5) is 11.4 Å². The normalized spacial score (nSPS) is 11.0. The molecule has 2 aromatic rings. The molecule has 25 heavy (non-hydrogen) atoms. The Morgan fingerprint density at radius 3 is 2.56 bits per heavy atom. The molecule has 0 aliphatic carbocycles. The van der Waals surface area contributed by atoms with Gasteiger partial charge in [0.25, 0.3) is 5.91 Å². The maximum Gasteiger partial charge on any atom is 0.254 e. The lowest BCUT2D eigenvalue weighted by Crippen LogP contribution is -2.32. The summed E-state index contributed by atoms with van der Waals surface area (Å²) in [6, 6.07) is 6.29. The molecule has 2 amide bonds. The summed E-state index contributed by atoms with van der Waals surface area (Å²) in [6.45, 7) is 3.07. The molecule has 0 fully saturated rings. The first-order valence-corrected chi connectivity index (χ1v) is 9.17. The fourth-order valence-corrected chi connectivity index (χ4v) is 2.67. The monoisotopic (exact) mass is 365 g/mol. The number of hydrogen-bond donors (Lipinski definition) is 3. The lowest BCUT2D eigenvalue weighted by atomic mass is 10.2. The zero-order valence-corrected chi connectivity index (χ0v) is 14.6. The summed E-state index contributed by atoms with van der Waals surface area (Å²) < 4.78 is 30.5. The molecule has 1 heterocycles. The van der Waals surface area contributed by atoms with Gasteiger partial charge in [0, 0.05) is 5.69 Å². The minimum atomic E-state index is -3.36. The van der Waals surface area contributed by atoms with Crippen LogP contribution in [-0.2, 0) is 14.8 Å². The fourth-order valence-electron chi connectivity index (χ4n) is 1.96. The molecule has 0 spiro atoms. The van der Waals surface area contributed by atoms with Gasteiger partial charge in [0.2, 0.25) is 15.9 Å². The van der Waals surface area contributed by atoms with Gasteiger partial charge in [-0.15, -0.1) is 0 Å². The Labute approximate surface area is 145 Å². The average Bonchev–Trinajstić information content (AvgIpc) is 3.10. The molecule has 3 N–H and O–H groups in total. The van der Waals surface area contributed by atoms with Crippen LogP contribution in [0.3, 0.4) is 0 Å². The number of anilines is 2. The summed E-state index contributed by atoms with van der Waals surface area (Å²) in [5, 5.41) is 5.10. The molecule has 1 aromatic carbocycles. The second kappa shape index (κ2) is 7.84. The average molecular weight is 365 g/mol. The van der Waals surface area contributed by atoms with Crippen LogP contribution in [0, 0.1) is 6.92 Å². The Hall–Kier alpha value is -2.81. The van der Waals surface area contributed by atoms with Crippen LogP contribution >= 0.6 is 0 Å². The molecule has 0 saturated carbocycles. The van der Waals surface area contributed by atoms with Crippen molar-refractivity contribution in [1.29, 1.82) is 0 Å². The zero-order valence-electron chi connectivity index (χ0n) is 13.8. The first kappa shape index (κ1) is 18.5. The SMILES string of the molecule is CCS(=O)(=O)Nc1ccc(NC(=O)CNC(=O)c2ccoc2)cc1C. The van der Waals surface area contributed by atoms with E-state index in [4.69, 9.17) is 4.42 Å². The van der Waals surface area contributed by atoms with Gasteiger partial charge in [-0.1, -0.05) is 0 Å². The first-order valence-electron chi connectivity index (χ1n) is 7.52. The van der Waals surface area contributed by atoms with Crippen LogP contribution in [0.25, 0.3) is 0 Å². The van der Waals surface area contributed by atoms with Crippen molar-refractivity contribution in [2.75, 3.05) is 22.3 Å². The number of rotatable bonds is 7. The van der Waals surface area contributed by atoms with Gasteiger partial charge in [0.1, 0.15) is 6.26 Å². The van der Waals surface area contributed by atoms with Gasteiger partial charge in [-0.25, -0.2) is 8.42 Å². The topological polar surface area (TPSA) is 118 Å². The van der Waals surface area contributed by atoms with E-state index in [-0.39, 0.29) is 12.3 Å². The fraction of sp³-hybridized carbons (Fsp3) is 0.250. The van der Waals surface area contributed by atoms with Crippen molar-refractivity contribution < 1.29 is 22.4 Å². The summed E-state index contributed by atoms with van der Waals surface area (Å²) in [5.41, 5.74) is 1.95. The van der Waals surface area contributed by atoms with E-state index in [2.05, 4.69) is 15.4 Å². The highest BCUT2D eigenvalue weighted by atomic mass is 32.2. The molecular weight excluding hydrogens is 346 g/mol. The van der Waals surface area contributed by atoms with Crippen LogP contribution in [0.1, 0.15) is 22.8 Å². The van der Waals surface area contributed by atoms with Gasteiger partial charge in [-0.2, -0.15) is 0 Å². The number of furan rings is 1. The van der Waals surface area contributed by atoms with Crippen molar-refractivity contribution in [2.24, 2.45) is 0 Å². The van der Waals surface area contributed by atoms with E-state index in [1.54, 1.807) is 32.0 Å². The molecule has 0 bridgehead atoms. The number of carbonyl (C=O) groups is 2. The smallest absolute Gasteiger partial charge is 0.254 e. The van der Waals surface area contributed by atoms with Gasteiger partial charge in [0.15, 0.2) is 0 Å². The second-order valence-corrected chi connectivity index (χ2v) is 7.29. The van der Waals surface area contributed by atoms with Crippen molar-refractivity contribution in [3.63, 3.8) is 0 Å². The summed E-state index contributed by atoms with van der Waals surface area (Å²) in [6.07, 6.45) is 2.65. The highest BCUT2D eigenvalue weighted by Crippen LogP contribution is 2.20. The minimum absolute atomic E-state index is 0.0265. The Bertz CT molecular complexity index is 860. The van der Waals surface area contributed by atoms with Gasteiger partial charge >= 0.3 is 0 Å². The van der Waals surface area contributed by atoms with E-state index in [1.807, 2.05) is 0 Å². The number of nitrogens with one attached hydrogen (secondary N) is 3. The van der Waals surface area contributed by atoms with Crippen LogP contribution < -0.4 is 15.4 Å². The Morgan fingerprint density at radius 1 is 1.20 bits per heavy atom. The summed E-state index contributed by atoms with van der Waals surface area (Å²) in [5.74, 6) is -0.844. The quantitative estimate of drug-likeness (QED) is 0.690. The van der Waals surface area contributed by atoms with Crippen LogP contribution in [0.15, 0.2) is 41.2 Å². The molecule has 0 unspecified atom stereocenters. The number of sulfonamides is 1. The summed E-state index contributed by atoms with van der Waals surface area (Å²) in [7, 11) is -3.36. The van der Waals surface area contributed by atoms with E-state index in [1.165, 1.54) is 18.6 Å². The van der Waals surface area contributed by atoms with Crippen LogP contribution in [-0.4, -0.2) is 32.5 Å². The van der Waals surface area contributed by atoms with Crippen molar-refractivity contribution >= 4 is 33.2 Å². The molecule has 0 radical (unpaired) electrons. The molecule has 134 valence electrons. The lowest BCUT2D eigenvalue weighted by Gasteiger charge is -2.12. The predicted octanol–water partition coefficient (Wildman–Crippen LogP) is 1.72. The van der Waals surface area contributed by atoms with E-state index >= 15 is 0 Å². The molecule has 0 aliphatic heterocycles. The maximum absolute atomic E-state index is 11.9. The van der Waals surface area contributed by atoms with Crippen molar-refractivity contribution in [3.05, 3.63) is 47.9 Å². The third-order valence-corrected chi connectivity index (χ3v) is 4.64. The number of carbonyl (C=O) groups excluding carboxylic acids is 2. The van der Waals surface area contributed by atoms with Crippen LogP contribution in [0.5, 0.6) is 0 Å². The van der Waals surface area contributed by atoms with E-state index < -0.39 is 21.8 Å². The maximum atomic E-state index is 11.9. The number of aryl methyl sites for hydroxylation is 1. The Morgan fingerprint density at radius 2 is 1.96 bits per heavy atom. The molecule has 1 aromatic heterocycles. The predicted molar refractivity (Wildman–Crippen MR) is 93.9 cm³/mol. The molecule has 2 rings (SSSR count).